The highest BCUT2D eigenvalue weighted by Gasteiger charge is 2.20. The number of amides is 1. The fourth-order valence-electron chi connectivity index (χ4n) is 4.46. The molecule has 1 N–H and O–H groups in total. The summed E-state index contributed by atoms with van der Waals surface area (Å²) in [7, 11) is 0. The van der Waals surface area contributed by atoms with E-state index in [9.17, 15) is 9.59 Å². The SMILES string of the molecule is CCCCCCCOc1ccc(-c2cnc(-c3ccc(CC(NC(=O)c4cccc(C#N)c4)C(=O)S)cc3)nc2)cc1. The first-order chi connectivity index (χ1) is 20.5. The van der Waals surface area contributed by atoms with Crippen molar-refractivity contribution in [3.05, 3.63) is 102 Å². The van der Waals surface area contributed by atoms with Crippen molar-refractivity contribution in [3.8, 4) is 34.3 Å². The number of nitrogens with zero attached hydrogens (tertiary/aromatic N) is 3. The van der Waals surface area contributed by atoms with Crippen molar-refractivity contribution < 1.29 is 14.3 Å². The molecule has 8 heteroatoms. The van der Waals surface area contributed by atoms with Crippen LogP contribution in [0.5, 0.6) is 5.75 Å². The molecule has 0 spiro atoms. The molecule has 1 unspecified atom stereocenters. The number of hydrogen-bond acceptors (Lipinski definition) is 6. The third-order valence-corrected chi connectivity index (χ3v) is 7.18. The van der Waals surface area contributed by atoms with Crippen LogP contribution in [0, 0.1) is 11.3 Å². The van der Waals surface area contributed by atoms with Crippen LogP contribution in [0.1, 0.15) is 60.5 Å². The smallest absolute Gasteiger partial charge is 0.251 e. The number of carbonyl (C=O) groups excluding carboxylic acids is 2. The molecule has 214 valence electrons. The van der Waals surface area contributed by atoms with Crippen molar-refractivity contribution in [2.24, 2.45) is 0 Å². The summed E-state index contributed by atoms with van der Waals surface area (Å²) in [5, 5.41) is 11.3. The number of nitrogens with one attached hydrogen (secondary N) is 1. The van der Waals surface area contributed by atoms with Gasteiger partial charge in [-0.15, -0.1) is 12.6 Å². The second-order valence-electron chi connectivity index (χ2n) is 10.0. The van der Waals surface area contributed by atoms with Crippen molar-refractivity contribution in [1.29, 1.82) is 5.26 Å². The second-order valence-corrected chi connectivity index (χ2v) is 10.5. The Bertz CT molecular complexity index is 1510. The van der Waals surface area contributed by atoms with E-state index in [1.165, 1.54) is 31.7 Å². The van der Waals surface area contributed by atoms with E-state index >= 15 is 0 Å². The van der Waals surface area contributed by atoms with Crippen LogP contribution in [0.3, 0.4) is 0 Å². The number of hydrogen-bond donors (Lipinski definition) is 2. The summed E-state index contributed by atoms with van der Waals surface area (Å²) < 4.78 is 5.86. The predicted molar refractivity (Wildman–Crippen MR) is 167 cm³/mol. The van der Waals surface area contributed by atoms with Crippen molar-refractivity contribution in [1.82, 2.24) is 15.3 Å². The van der Waals surface area contributed by atoms with Gasteiger partial charge in [0.2, 0.25) is 5.12 Å². The van der Waals surface area contributed by atoms with E-state index in [0.29, 0.717) is 17.0 Å². The lowest BCUT2D eigenvalue weighted by Crippen LogP contribution is -2.40. The normalized spacial score (nSPS) is 11.4. The molecule has 1 amide bonds. The standard InChI is InChI=1S/C34H34N4O3S/c1-2-3-4-5-6-18-41-30-16-14-26(15-17-30)29-22-36-32(37-23-29)27-12-10-24(11-13-27)20-31(34(40)42)38-33(39)28-9-7-8-25(19-28)21-35/h7-17,19,22-23,31H,2-6,18,20H2,1H3,(H,38,39)(H,40,42). The Morgan fingerprint density at radius 3 is 2.26 bits per heavy atom. The van der Waals surface area contributed by atoms with Crippen LogP contribution in [-0.4, -0.2) is 33.6 Å². The summed E-state index contributed by atoms with van der Waals surface area (Å²) in [4.78, 5) is 33.9. The maximum Gasteiger partial charge on any atom is 0.251 e. The average Bonchev–Trinajstić information content (AvgIpc) is 3.03. The van der Waals surface area contributed by atoms with Crippen LogP contribution in [-0.2, 0) is 11.2 Å². The number of rotatable bonds is 14. The summed E-state index contributed by atoms with van der Waals surface area (Å²) in [6.45, 7) is 2.95. The van der Waals surface area contributed by atoms with E-state index in [1.54, 1.807) is 30.6 Å². The number of thiol groups is 1. The molecule has 0 aliphatic rings. The first-order valence-corrected chi connectivity index (χ1v) is 14.6. The Morgan fingerprint density at radius 2 is 1.60 bits per heavy atom. The number of aromatic nitrogens is 2. The molecular formula is C34H34N4O3S. The Kier molecular flexibility index (Phi) is 11.2. The van der Waals surface area contributed by atoms with Gasteiger partial charge in [-0.1, -0.05) is 75.1 Å². The van der Waals surface area contributed by atoms with Gasteiger partial charge in [0.05, 0.1) is 18.2 Å². The molecule has 0 saturated carbocycles. The first-order valence-electron chi connectivity index (χ1n) is 14.1. The van der Waals surface area contributed by atoms with Crippen LogP contribution in [0.4, 0.5) is 0 Å². The van der Waals surface area contributed by atoms with Gasteiger partial charge < -0.3 is 10.1 Å². The molecule has 0 aliphatic carbocycles. The summed E-state index contributed by atoms with van der Waals surface area (Å²) in [6, 6.07) is 23.0. The molecular weight excluding hydrogens is 544 g/mol. The van der Waals surface area contributed by atoms with E-state index in [0.717, 1.165) is 41.0 Å². The molecule has 7 nitrogen and oxygen atoms in total. The molecule has 1 heterocycles. The van der Waals surface area contributed by atoms with Gasteiger partial charge in [0.1, 0.15) is 11.8 Å². The molecule has 0 aliphatic heterocycles. The van der Waals surface area contributed by atoms with Crippen molar-refractivity contribution >= 4 is 23.7 Å². The third kappa shape index (κ3) is 8.76. The van der Waals surface area contributed by atoms with Gasteiger partial charge in [-0.3, -0.25) is 9.59 Å². The van der Waals surface area contributed by atoms with Crippen LogP contribution in [0.25, 0.3) is 22.5 Å². The van der Waals surface area contributed by atoms with Gasteiger partial charge in [-0.2, -0.15) is 5.26 Å². The number of carbonyl (C=O) groups is 2. The molecule has 4 aromatic rings. The van der Waals surface area contributed by atoms with Gasteiger partial charge in [0.15, 0.2) is 5.82 Å². The van der Waals surface area contributed by atoms with Crippen LogP contribution >= 0.6 is 12.6 Å². The second kappa shape index (κ2) is 15.5. The zero-order valence-corrected chi connectivity index (χ0v) is 24.5. The molecule has 0 bridgehead atoms. The van der Waals surface area contributed by atoms with Crippen LogP contribution in [0.15, 0.2) is 85.2 Å². The predicted octanol–water partition coefficient (Wildman–Crippen LogP) is 6.83. The summed E-state index contributed by atoms with van der Waals surface area (Å²) in [5.74, 6) is 1.01. The summed E-state index contributed by atoms with van der Waals surface area (Å²) in [5.41, 5.74) is 4.27. The molecule has 1 aromatic heterocycles. The molecule has 42 heavy (non-hydrogen) atoms. The number of benzene rings is 3. The first kappa shape index (κ1) is 30.5. The largest absolute Gasteiger partial charge is 0.494 e. The van der Waals surface area contributed by atoms with Gasteiger partial charge in [-0.05, 0) is 47.9 Å². The zero-order chi connectivity index (χ0) is 29.7. The minimum absolute atomic E-state index is 0.269. The minimum Gasteiger partial charge on any atom is -0.494 e. The minimum atomic E-state index is -0.824. The maximum atomic E-state index is 12.7. The molecule has 0 fully saturated rings. The van der Waals surface area contributed by atoms with Crippen LogP contribution in [0.2, 0.25) is 0 Å². The third-order valence-electron chi connectivity index (χ3n) is 6.87. The van der Waals surface area contributed by atoms with Crippen molar-refractivity contribution in [2.75, 3.05) is 6.61 Å². The van der Waals surface area contributed by atoms with Crippen molar-refractivity contribution in [2.45, 2.75) is 51.5 Å². The van der Waals surface area contributed by atoms with Gasteiger partial charge in [-0.25, -0.2) is 9.97 Å². The quantitative estimate of drug-likeness (QED) is 0.126. The maximum absolute atomic E-state index is 12.7. The van der Waals surface area contributed by atoms with E-state index in [1.807, 2.05) is 54.6 Å². The Labute approximate surface area is 252 Å². The Morgan fingerprint density at radius 1 is 0.905 bits per heavy atom. The highest BCUT2D eigenvalue weighted by atomic mass is 32.1. The average molecular weight is 579 g/mol. The monoisotopic (exact) mass is 578 g/mol. The Hall–Kier alpha value is -4.48. The highest BCUT2D eigenvalue weighted by molar-refractivity contribution is 7.96. The van der Waals surface area contributed by atoms with E-state index < -0.39 is 17.1 Å². The Balaban J connectivity index is 1.33. The van der Waals surface area contributed by atoms with Crippen molar-refractivity contribution in [3.63, 3.8) is 0 Å². The van der Waals surface area contributed by atoms with Gasteiger partial charge >= 0.3 is 0 Å². The number of ether oxygens (including phenoxy) is 1. The topological polar surface area (TPSA) is 105 Å². The molecule has 1 atom stereocenters. The molecule has 0 saturated heterocycles. The van der Waals surface area contributed by atoms with Crippen LogP contribution < -0.4 is 10.1 Å². The lowest BCUT2D eigenvalue weighted by atomic mass is 10.0. The lowest BCUT2D eigenvalue weighted by Gasteiger charge is -2.16. The zero-order valence-electron chi connectivity index (χ0n) is 23.6. The van der Waals surface area contributed by atoms with Gasteiger partial charge in [0.25, 0.3) is 5.91 Å². The van der Waals surface area contributed by atoms with E-state index in [2.05, 4.69) is 34.8 Å². The fourth-order valence-corrected chi connectivity index (χ4v) is 4.62. The van der Waals surface area contributed by atoms with E-state index in [-0.39, 0.29) is 6.42 Å². The lowest BCUT2D eigenvalue weighted by molar-refractivity contribution is -0.112. The molecule has 3 aromatic carbocycles. The number of nitriles is 1. The highest BCUT2D eigenvalue weighted by Crippen LogP contribution is 2.24. The molecule has 4 rings (SSSR count). The summed E-state index contributed by atoms with van der Waals surface area (Å²) >= 11 is 3.97. The number of unbranched alkanes of at least 4 members (excludes halogenated alkanes) is 4. The fraction of sp³-hybridized carbons (Fsp3) is 0.265. The van der Waals surface area contributed by atoms with E-state index in [4.69, 9.17) is 10.00 Å². The molecule has 0 radical (unpaired) electrons. The van der Waals surface area contributed by atoms with Gasteiger partial charge in [0, 0.05) is 35.5 Å². The summed E-state index contributed by atoms with van der Waals surface area (Å²) in [6.07, 6.45) is 9.92.